The Kier molecular flexibility index (Phi) is 4.44. The molecule has 0 aliphatic carbocycles. The normalized spacial score (nSPS) is 10.8. The summed E-state index contributed by atoms with van der Waals surface area (Å²) >= 11 is 0. The van der Waals surface area contributed by atoms with Crippen LogP contribution in [-0.4, -0.2) is 15.9 Å². The maximum atomic E-state index is 13.7. The quantitative estimate of drug-likeness (QED) is 0.547. The van der Waals surface area contributed by atoms with Crippen LogP contribution in [0.5, 0.6) is 0 Å². The zero-order chi connectivity index (χ0) is 19.7. The van der Waals surface area contributed by atoms with Crippen molar-refractivity contribution in [3.05, 3.63) is 78.1 Å². The SMILES string of the molecule is Cc1oc(-c2cnco2)cc1-c1ccc(NC(=O)c2c(F)cccc2F)nc1. The van der Waals surface area contributed by atoms with Gasteiger partial charge in [-0.1, -0.05) is 6.07 Å². The third-order valence-electron chi connectivity index (χ3n) is 4.10. The predicted octanol–water partition coefficient (Wildman–Crippen LogP) is 4.84. The van der Waals surface area contributed by atoms with Crippen LogP contribution in [0.4, 0.5) is 14.6 Å². The van der Waals surface area contributed by atoms with Gasteiger partial charge in [-0.2, -0.15) is 0 Å². The highest BCUT2D eigenvalue weighted by molar-refractivity contribution is 6.04. The minimum Gasteiger partial charge on any atom is -0.457 e. The van der Waals surface area contributed by atoms with Crippen LogP contribution in [0.25, 0.3) is 22.6 Å². The number of aromatic nitrogens is 2. The molecule has 4 aromatic rings. The number of nitrogens with zero attached hydrogens (tertiary/aromatic N) is 2. The topological polar surface area (TPSA) is 81.2 Å². The number of nitrogens with one attached hydrogen (secondary N) is 1. The summed E-state index contributed by atoms with van der Waals surface area (Å²) in [4.78, 5) is 20.1. The van der Waals surface area contributed by atoms with Gasteiger partial charge in [-0.25, -0.2) is 18.7 Å². The zero-order valence-electron chi connectivity index (χ0n) is 14.6. The van der Waals surface area contributed by atoms with E-state index in [4.69, 9.17) is 8.83 Å². The third-order valence-corrected chi connectivity index (χ3v) is 4.10. The summed E-state index contributed by atoms with van der Waals surface area (Å²) in [6.07, 6.45) is 4.38. The standard InChI is InChI=1S/C20H13F2N3O3/c1-11-13(7-16(28-11)17-9-23-10-27-17)12-5-6-18(24-8-12)25-20(26)19-14(21)3-2-4-15(19)22/h2-10H,1H3,(H,24,25,26). The average molecular weight is 381 g/mol. The fraction of sp³-hybridized carbons (Fsp3) is 0.0500. The lowest BCUT2D eigenvalue weighted by atomic mass is 10.1. The Hall–Kier alpha value is -3.81. The van der Waals surface area contributed by atoms with Gasteiger partial charge in [0.25, 0.3) is 5.91 Å². The van der Waals surface area contributed by atoms with Gasteiger partial charge in [0, 0.05) is 17.3 Å². The largest absolute Gasteiger partial charge is 0.457 e. The van der Waals surface area contributed by atoms with E-state index in [2.05, 4.69) is 15.3 Å². The Labute approximate surface area is 157 Å². The van der Waals surface area contributed by atoms with E-state index >= 15 is 0 Å². The van der Waals surface area contributed by atoms with Crippen molar-refractivity contribution in [1.82, 2.24) is 9.97 Å². The number of rotatable bonds is 4. The van der Waals surface area contributed by atoms with Crippen LogP contribution in [0.2, 0.25) is 0 Å². The minimum atomic E-state index is -0.942. The van der Waals surface area contributed by atoms with Crippen molar-refractivity contribution in [3.8, 4) is 22.6 Å². The molecule has 0 fully saturated rings. The summed E-state index contributed by atoms with van der Waals surface area (Å²) < 4.78 is 38.3. The van der Waals surface area contributed by atoms with E-state index < -0.39 is 23.1 Å². The van der Waals surface area contributed by atoms with E-state index in [1.807, 2.05) is 0 Å². The number of hydrogen-bond donors (Lipinski definition) is 1. The number of hydrogen-bond acceptors (Lipinski definition) is 5. The second kappa shape index (κ2) is 7.07. The molecule has 0 unspecified atom stereocenters. The molecule has 0 aliphatic heterocycles. The van der Waals surface area contributed by atoms with E-state index in [1.54, 1.807) is 25.3 Å². The van der Waals surface area contributed by atoms with Crippen molar-refractivity contribution >= 4 is 11.7 Å². The monoisotopic (exact) mass is 381 g/mol. The fourth-order valence-electron chi connectivity index (χ4n) is 2.75. The number of amides is 1. The Balaban J connectivity index is 1.56. The molecule has 28 heavy (non-hydrogen) atoms. The maximum Gasteiger partial charge on any atom is 0.262 e. The molecule has 0 saturated heterocycles. The first-order valence-electron chi connectivity index (χ1n) is 8.24. The molecule has 0 radical (unpaired) electrons. The van der Waals surface area contributed by atoms with Gasteiger partial charge in [0.2, 0.25) is 0 Å². The molecule has 3 aromatic heterocycles. The molecular weight excluding hydrogens is 368 g/mol. The number of furan rings is 1. The molecule has 1 amide bonds. The van der Waals surface area contributed by atoms with Crippen LogP contribution in [0.1, 0.15) is 16.1 Å². The molecule has 0 saturated carbocycles. The van der Waals surface area contributed by atoms with Gasteiger partial charge < -0.3 is 14.2 Å². The van der Waals surface area contributed by atoms with E-state index in [1.165, 1.54) is 24.7 Å². The molecular formula is C20H13F2N3O3. The van der Waals surface area contributed by atoms with Gasteiger partial charge in [-0.05, 0) is 37.3 Å². The minimum absolute atomic E-state index is 0.160. The van der Waals surface area contributed by atoms with Crippen molar-refractivity contribution in [3.63, 3.8) is 0 Å². The Bertz CT molecular complexity index is 1120. The van der Waals surface area contributed by atoms with Crippen LogP contribution >= 0.6 is 0 Å². The Morgan fingerprint density at radius 1 is 1.07 bits per heavy atom. The molecule has 0 spiro atoms. The summed E-state index contributed by atoms with van der Waals surface area (Å²) in [5.41, 5.74) is 0.870. The molecule has 8 heteroatoms. The predicted molar refractivity (Wildman–Crippen MR) is 96.5 cm³/mol. The van der Waals surface area contributed by atoms with E-state index in [0.717, 1.165) is 23.3 Å². The fourth-order valence-corrected chi connectivity index (χ4v) is 2.75. The second-order valence-electron chi connectivity index (χ2n) is 5.93. The average Bonchev–Trinajstić information content (AvgIpc) is 3.32. The molecule has 4 rings (SSSR count). The summed E-state index contributed by atoms with van der Waals surface area (Å²) in [7, 11) is 0. The Morgan fingerprint density at radius 3 is 2.50 bits per heavy atom. The van der Waals surface area contributed by atoms with E-state index in [9.17, 15) is 13.6 Å². The first-order chi connectivity index (χ1) is 13.5. The van der Waals surface area contributed by atoms with Gasteiger partial charge >= 0.3 is 0 Å². The van der Waals surface area contributed by atoms with Crippen LogP contribution < -0.4 is 5.32 Å². The molecule has 0 aliphatic rings. The molecule has 1 aromatic carbocycles. The number of carbonyl (C=O) groups excluding carboxylic acids is 1. The lowest BCUT2D eigenvalue weighted by Crippen LogP contribution is -2.16. The van der Waals surface area contributed by atoms with E-state index in [0.29, 0.717) is 17.3 Å². The van der Waals surface area contributed by atoms with Gasteiger partial charge in [0.15, 0.2) is 17.9 Å². The van der Waals surface area contributed by atoms with Gasteiger partial charge in [-0.15, -0.1) is 0 Å². The molecule has 0 bridgehead atoms. The van der Waals surface area contributed by atoms with Gasteiger partial charge in [-0.3, -0.25) is 4.79 Å². The first kappa shape index (κ1) is 17.6. The van der Waals surface area contributed by atoms with Crippen LogP contribution in [0, 0.1) is 18.6 Å². The maximum absolute atomic E-state index is 13.7. The van der Waals surface area contributed by atoms with Crippen molar-refractivity contribution < 1.29 is 22.4 Å². The molecule has 3 heterocycles. The number of anilines is 1. The lowest BCUT2D eigenvalue weighted by Gasteiger charge is -2.07. The molecule has 1 N–H and O–H groups in total. The third kappa shape index (κ3) is 3.27. The molecule has 6 nitrogen and oxygen atoms in total. The number of carbonyl (C=O) groups is 1. The molecule has 140 valence electrons. The number of pyridine rings is 1. The zero-order valence-corrected chi connectivity index (χ0v) is 14.6. The van der Waals surface area contributed by atoms with Crippen LogP contribution in [-0.2, 0) is 0 Å². The number of aryl methyl sites for hydroxylation is 1. The summed E-state index contributed by atoms with van der Waals surface area (Å²) in [6.45, 7) is 1.80. The van der Waals surface area contributed by atoms with Crippen molar-refractivity contribution in [2.24, 2.45) is 0 Å². The van der Waals surface area contributed by atoms with Crippen LogP contribution in [0.15, 0.2) is 64.0 Å². The van der Waals surface area contributed by atoms with Crippen molar-refractivity contribution in [2.45, 2.75) is 6.92 Å². The summed E-state index contributed by atoms with van der Waals surface area (Å²) in [5, 5.41) is 2.38. The Morgan fingerprint density at radius 2 is 1.86 bits per heavy atom. The number of benzene rings is 1. The summed E-state index contributed by atoms with van der Waals surface area (Å²) in [5.74, 6) is -0.962. The first-order valence-corrected chi connectivity index (χ1v) is 8.24. The van der Waals surface area contributed by atoms with Crippen molar-refractivity contribution in [1.29, 1.82) is 0 Å². The highest BCUT2D eigenvalue weighted by atomic mass is 19.1. The number of halogens is 2. The van der Waals surface area contributed by atoms with Crippen LogP contribution in [0.3, 0.4) is 0 Å². The smallest absolute Gasteiger partial charge is 0.262 e. The lowest BCUT2D eigenvalue weighted by molar-refractivity contribution is 0.101. The highest BCUT2D eigenvalue weighted by Crippen LogP contribution is 2.32. The van der Waals surface area contributed by atoms with Gasteiger partial charge in [0.1, 0.15) is 28.8 Å². The second-order valence-corrected chi connectivity index (χ2v) is 5.93. The molecule has 0 atom stereocenters. The highest BCUT2D eigenvalue weighted by Gasteiger charge is 2.18. The van der Waals surface area contributed by atoms with Crippen molar-refractivity contribution in [2.75, 3.05) is 5.32 Å². The van der Waals surface area contributed by atoms with E-state index in [-0.39, 0.29) is 5.82 Å². The number of oxazole rings is 1. The summed E-state index contributed by atoms with van der Waals surface area (Å²) in [6, 6.07) is 8.26. The van der Waals surface area contributed by atoms with Gasteiger partial charge in [0.05, 0.1) is 6.20 Å².